The van der Waals surface area contributed by atoms with Crippen LogP contribution in [0.5, 0.6) is 5.75 Å². The van der Waals surface area contributed by atoms with E-state index < -0.39 is 5.97 Å². The second-order valence-corrected chi connectivity index (χ2v) is 9.45. The average molecular weight is 447 g/mol. The molecule has 0 radical (unpaired) electrons. The topological polar surface area (TPSA) is 63.6 Å². The van der Waals surface area contributed by atoms with Crippen molar-refractivity contribution in [1.82, 2.24) is 0 Å². The maximum Gasteiger partial charge on any atom is 0.313 e. The maximum atomic E-state index is 11.8. The van der Waals surface area contributed by atoms with Crippen molar-refractivity contribution in [3.63, 3.8) is 0 Å². The molecule has 182 valence electrons. The van der Waals surface area contributed by atoms with Gasteiger partial charge in [0.25, 0.3) is 0 Å². The Morgan fingerprint density at radius 3 is 1.78 bits per heavy atom. The molecule has 1 rings (SSSR count). The van der Waals surface area contributed by atoms with Crippen LogP contribution in [-0.4, -0.2) is 17.0 Å². The molecule has 0 spiro atoms. The molecular formula is C28H46O4. The van der Waals surface area contributed by atoms with Crippen LogP contribution >= 0.6 is 0 Å². The molecule has 4 heteroatoms. The van der Waals surface area contributed by atoms with E-state index in [0.717, 1.165) is 19.3 Å². The molecule has 0 aromatic heterocycles. The number of carbonyl (C=O) groups is 2. The normalized spacial score (nSPS) is 12.1. The van der Waals surface area contributed by atoms with Crippen molar-refractivity contribution >= 4 is 11.9 Å². The quantitative estimate of drug-likeness (QED) is 0.132. The summed E-state index contributed by atoms with van der Waals surface area (Å²) in [7, 11) is 0. The summed E-state index contributed by atoms with van der Waals surface area (Å²) in [4.78, 5) is 22.4. The lowest BCUT2D eigenvalue weighted by Crippen LogP contribution is -2.14. The van der Waals surface area contributed by atoms with Crippen molar-refractivity contribution < 1.29 is 19.4 Å². The molecule has 0 amide bonds. The van der Waals surface area contributed by atoms with E-state index in [0.29, 0.717) is 18.1 Å². The molecule has 4 nitrogen and oxygen atoms in total. The Labute approximate surface area is 196 Å². The summed E-state index contributed by atoms with van der Waals surface area (Å²) in [5, 5.41) is 8.71. The zero-order valence-electron chi connectivity index (χ0n) is 20.7. The third kappa shape index (κ3) is 13.5. The van der Waals surface area contributed by atoms with E-state index in [2.05, 4.69) is 19.1 Å². The number of esters is 1. The van der Waals surface area contributed by atoms with Gasteiger partial charge in [0.15, 0.2) is 0 Å². The van der Waals surface area contributed by atoms with Gasteiger partial charge in [-0.25, -0.2) is 0 Å². The van der Waals surface area contributed by atoms with Crippen molar-refractivity contribution in [2.45, 2.75) is 123 Å². The molecule has 0 saturated heterocycles. The van der Waals surface area contributed by atoms with E-state index in [1.54, 1.807) is 0 Å². The minimum absolute atomic E-state index is 0.126. The zero-order chi connectivity index (χ0) is 23.6. The highest BCUT2D eigenvalue weighted by atomic mass is 16.5. The molecule has 1 N–H and O–H groups in total. The molecule has 0 heterocycles. The number of aliphatic carboxylic acids is 1. The van der Waals surface area contributed by atoms with Crippen molar-refractivity contribution in [2.24, 2.45) is 5.92 Å². The second kappa shape index (κ2) is 17.7. The SMILES string of the molecule is CCCCCCCCC(CCCCCCCCC(=O)O)c1ccc(OC(=O)C(C)C)cc1. The van der Waals surface area contributed by atoms with Gasteiger partial charge in [0.1, 0.15) is 5.75 Å². The first-order valence-electron chi connectivity index (χ1n) is 13.0. The average Bonchev–Trinajstić information content (AvgIpc) is 2.76. The number of carboxylic acids is 1. The third-order valence-corrected chi connectivity index (χ3v) is 6.14. The molecule has 0 aliphatic rings. The van der Waals surface area contributed by atoms with Crippen LogP contribution < -0.4 is 4.74 Å². The fourth-order valence-corrected chi connectivity index (χ4v) is 4.06. The summed E-state index contributed by atoms with van der Waals surface area (Å²) < 4.78 is 5.43. The summed E-state index contributed by atoms with van der Waals surface area (Å²) in [5.41, 5.74) is 1.35. The van der Waals surface area contributed by atoms with Gasteiger partial charge in [0, 0.05) is 6.42 Å². The van der Waals surface area contributed by atoms with E-state index in [4.69, 9.17) is 9.84 Å². The summed E-state index contributed by atoms with van der Waals surface area (Å²) in [6.07, 6.45) is 17.1. The standard InChI is InChI=1S/C28H46O4/c1-4-5-6-7-10-13-16-24(17-14-11-8-9-12-15-18-27(29)30)25-19-21-26(22-20-25)32-28(31)23(2)3/h19-24H,4-18H2,1-3H3,(H,29,30). The predicted molar refractivity (Wildman–Crippen MR) is 132 cm³/mol. The summed E-state index contributed by atoms with van der Waals surface area (Å²) in [6, 6.07) is 8.14. The maximum absolute atomic E-state index is 11.8. The zero-order valence-corrected chi connectivity index (χ0v) is 20.7. The molecule has 1 atom stereocenters. The lowest BCUT2D eigenvalue weighted by molar-refractivity contribution is -0.138. The van der Waals surface area contributed by atoms with Gasteiger partial charge in [-0.2, -0.15) is 0 Å². The summed E-state index contributed by atoms with van der Waals surface area (Å²) in [5.74, 6) is 0.187. The lowest BCUT2D eigenvalue weighted by Gasteiger charge is -2.18. The smallest absolute Gasteiger partial charge is 0.313 e. The number of carboxylic acid groups (broad SMARTS) is 1. The fourth-order valence-electron chi connectivity index (χ4n) is 4.06. The van der Waals surface area contributed by atoms with Crippen molar-refractivity contribution in [3.8, 4) is 5.75 Å². The van der Waals surface area contributed by atoms with E-state index in [1.165, 1.54) is 76.2 Å². The van der Waals surface area contributed by atoms with Crippen LogP contribution in [0.1, 0.15) is 129 Å². The Morgan fingerprint density at radius 2 is 1.28 bits per heavy atom. The number of ether oxygens (including phenoxy) is 1. The minimum atomic E-state index is -0.687. The monoisotopic (exact) mass is 446 g/mol. The van der Waals surface area contributed by atoms with Gasteiger partial charge in [0.2, 0.25) is 0 Å². The second-order valence-electron chi connectivity index (χ2n) is 9.45. The molecule has 1 aromatic carbocycles. The number of unbranched alkanes of at least 4 members (excludes halogenated alkanes) is 10. The van der Waals surface area contributed by atoms with Crippen LogP contribution in [0.25, 0.3) is 0 Å². The van der Waals surface area contributed by atoms with Crippen LogP contribution in [0.15, 0.2) is 24.3 Å². The highest BCUT2D eigenvalue weighted by Gasteiger charge is 2.13. The molecule has 0 saturated carbocycles. The van der Waals surface area contributed by atoms with Gasteiger partial charge >= 0.3 is 11.9 Å². The number of benzene rings is 1. The Morgan fingerprint density at radius 1 is 0.781 bits per heavy atom. The Kier molecular flexibility index (Phi) is 15.6. The van der Waals surface area contributed by atoms with Crippen LogP contribution in [0.3, 0.4) is 0 Å². The highest BCUT2D eigenvalue weighted by molar-refractivity contribution is 5.74. The largest absolute Gasteiger partial charge is 0.481 e. The highest BCUT2D eigenvalue weighted by Crippen LogP contribution is 2.30. The molecule has 0 fully saturated rings. The van der Waals surface area contributed by atoms with Crippen LogP contribution in [0, 0.1) is 5.92 Å². The Hall–Kier alpha value is -1.84. The van der Waals surface area contributed by atoms with Gasteiger partial charge in [-0.1, -0.05) is 104 Å². The fraction of sp³-hybridized carbons (Fsp3) is 0.714. The van der Waals surface area contributed by atoms with Crippen LogP contribution in [0.2, 0.25) is 0 Å². The first-order chi connectivity index (χ1) is 15.4. The van der Waals surface area contributed by atoms with E-state index >= 15 is 0 Å². The van der Waals surface area contributed by atoms with Gasteiger partial charge in [-0.3, -0.25) is 9.59 Å². The Balaban J connectivity index is 2.49. The predicted octanol–water partition coefficient (Wildman–Crippen LogP) is 8.29. The van der Waals surface area contributed by atoms with Crippen molar-refractivity contribution in [1.29, 1.82) is 0 Å². The first-order valence-corrected chi connectivity index (χ1v) is 13.0. The van der Waals surface area contributed by atoms with E-state index in [9.17, 15) is 9.59 Å². The van der Waals surface area contributed by atoms with Gasteiger partial charge in [-0.15, -0.1) is 0 Å². The number of carbonyl (C=O) groups excluding carboxylic acids is 1. The minimum Gasteiger partial charge on any atom is -0.481 e. The Bertz CT molecular complexity index is 621. The first kappa shape index (κ1) is 28.2. The molecular weight excluding hydrogens is 400 g/mol. The number of rotatable bonds is 19. The van der Waals surface area contributed by atoms with Gasteiger partial charge < -0.3 is 9.84 Å². The molecule has 0 aliphatic heterocycles. The molecule has 32 heavy (non-hydrogen) atoms. The van der Waals surface area contributed by atoms with Crippen LogP contribution in [0.4, 0.5) is 0 Å². The van der Waals surface area contributed by atoms with Crippen molar-refractivity contribution in [3.05, 3.63) is 29.8 Å². The molecule has 0 aliphatic carbocycles. The molecule has 0 bridgehead atoms. The van der Waals surface area contributed by atoms with E-state index in [-0.39, 0.29) is 11.9 Å². The van der Waals surface area contributed by atoms with Crippen LogP contribution in [-0.2, 0) is 9.59 Å². The third-order valence-electron chi connectivity index (χ3n) is 6.14. The van der Waals surface area contributed by atoms with Gasteiger partial charge in [0.05, 0.1) is 5.92 Å². The van der Waals surface area contributed by atoms with Crippen molar-refractivity contribution in [2.75, 3.05) is 0 Å². The summed E-state index contributed by atoms with van der Waals surface area (Å²) >= 11 is 0. The van der Waals surface area contributed by atoms with E-state index in [1.807, 2.05) is 26.0 Å². The number of hydrogen-bond donors (Lipinski definition) is 1. The molecule has 1 aromatic rings. The molecule has 1 unspecified atom stereocenters. The van der Waals surface area contributed by atoms with Gasteiger partial charge in [-0.05, 0) is 42.9 Å². The number of hydrogen-bond acceptors (Lipinski definition) is 3. The summed E-state index contributed by atoms with van der Waals surface area (Å²) in [6.45, 7) is 5.95. The lowest BCUT2D eigenvalue weighted by atomic mass is 9.88.